The molecule has 1 aromatic rings. The molecule has 0 radical (unpaired) electrons. The molecule has 0 bridgehead atoms. The molecule has 0 aliphatic carbocycles. The number of carboxylic acids is 1. The summed E-state index contributed by atoms with van der Waals surface area (Å²) in [6.45, 7) is 3.43. The Morgan fingerprint density at radius 2 is 1.78 bits per heavy atom. The number of hydrogen-bond donors (Lipinski definition) is 1. The van der Waals surface area contributed by atoms with Crippen molar-refractivity contribution in [3.63, 3.8) is 0 Å². The number of benzene rings is 1. The molecule has 0 aliphatic rings. The molecule has 0 unspecified atom stereocenters. The molecule has 0 aliphatic heterocycles. The molecule has 1 N–H and O–H groups in total. The van der Waals surface area contributed by atoms with E-state index in [4.69, 9.17) is 9.47 Å². The summed E-state index contributed by atoms with van der Waals surface area (Å²) in [4.78, 5) is 11.2. The van der Waals surface area contributed by atoms with Crippen LogP contribution in [0.25, 0.3) is 6.08 Å². The van der Waals surface area contributed by atoms with Gasteiger partial charge in [-0.15, -0.1) is 0 Å². The first-order chi connectivity index (χ1) is 11.2. The monoisotopic (exact) mass is 312 g/mol. The van der Waals surface area contributed by atoms with Gasteiger partial charge < -0.3 is 14.6 Å². The maximum atomic E-state index is 11.2. The minimum atomic E-state index is -0.940. The van der Waals surface area contributed by atoms with Crippen molar-refractivity contribution < 1.29 is 19.4 Å². The van der Waals surface area contributed by atoms with Crippen molar-refractivity contribution in [2.45, 2.75) is 13.3 Å². The van der Waals surface area contributed by atoms with Crippen LogP contribution in [0.3, 0.4) is 0 Å². The first kappa shape index (κ1) is 18.5. The average molecular weight is 312 g/mol. The Labute approximate surface area is 137 Å². The van der Waals surface area contributed by atoms with E-state index in [9.17, 15) is 9.90 Å². The average Bonchev–Trinajstić information content (AvgIpc) is 2.56. The van der Waals surface area contributed by atoms with Crippen LogP contribution in [-0.2, 0) is 14.3 Å². The largest absolute Gasteiger partial charge is 0.478 e. The van der Waals surface area contributed by atoms with E-state index in [0.717, 1.165) is 5.56 Å². The van der Waals surface area contributed by atoms with Gasteiger partial charge in [0.1, 0.15) is 13.2 Å². The fourth-order valence-electron chi connectivity index (χ4n) is 1.61. The van der Waals surface area contributed by atoms with E-state index in [1.165, 1.54) is 0 Å². The molecular weight excluding hydrogens is 292 g/mol. The minimum Gasteiger partial charge on any atom is -0.478 e. The van der Waals surface area contributed by atoms with E-state index in [-0.39, 0.29) is 6.61 Å². The van der Waals surface area contributed by atoms with Gasteiger partial charge in [-0.3, -0.25) is 0 Å². The molecule has 0 atom stereocenters. The number of rotatable bonds is 8. The molecule has 23 heavy (non-hydrogen) atoms. The number of hydrogen-bond acceptors (Lipinski definition) is 3. The van der Waals surface area contributed by atoms with Crippen molar-refractivity contribution in [3.8, 4) is 23.7 Å². The number of ether oxygens (including phenoxy) is 2. The van der Waals surface area contributed by atoms with Crippen LogP contribution >= 0.6 is 0 Å². The summed E-state index contributed by atoms with van der Waals surface area (Å²) in [5.41, 5.74) is 1.16. The van der Waals surface area contributed by atoms with Crippen LogP contribution in [0.2, 0.25) is 0 Å². The highest BCUT2D eigenvalue weighted by Gasteiger charge is 2.06. The maximum Gasteiger partial charge on any atom is 0.331 e. The van der Waals surface area contributed by atoms with Crippen LogP contribution in [-0.4, -0.2) is 37.5 Å². The fraction of sp³-hybridized carbons (Fsp3) is 0.316. The molecule has 0 amide bonds. The number of carbonyl (C=O) groups is 1. The smallest absolute Gasteiger partial charge is 0.331 e. The summed E-state index contributed by atoms with van der Waals surface area (Å²) in [7, 11) is 0. The highest BCUT2D eigenvalue weighted by molar-refractivity contribution is 5.92. The summed E-state index contributed by atoms with van der Waals surface area (Å²) in [6.07, 6.45) is 1.97. The normalized spacial score (nSPS) is 10.2. The van der Waals surface area contributed by atoms with Gasteiger partial charge in [0.15, 0.2) is 0 Å². The molecule has 120 valence electrons. The molecular formula is C19H20O4. The van der Waals surface area contributed by atoms with Crippen molar-refractivity contribution in [1.82, 2.24) is 0 Å². The Bertz CT molecular complexity index is 624. The summed E-state index contributed by atoms with van der Waals surface area (Å²) in [5, 5.41) is 9.20. The molecule has 0 heterocycles. The third-order valence-corrected chi connectivity index (χ3v) is 2.72. The van der Waals surface area contributed by atoms with Gasteiger partial charge in [-0.25, -0.2) is 4.79 Å². The van der Waals surface area contributed by atoms with Crippen molar-refractivity contribution in [1.29, 1.82) is 0 Å². The SMILES string of the molecule is CCOCC#CC#CCOCCC(=Cc1ccccc1)C(=O)O. The lowest BCUT2D eigenvalue weighted by atomic mass is 10.1. The molecule has 1 rings (SSSR count). The predicted molar refractivity (Wildman–Crippen MR) is 89.5 cm³/mol. The summed E-state index contributed by atoms with van der Waals surface area (Å²) >= 11 is 0. The molecule has 0 fully saturated rings. The first-order valence-corrected chi connectivity index (χ1v) is 7.34. The van der Waals surface area contributed by atoms with Gasteiger partial charge in [0.2, 0.25) is 0 Å². The van der Waals surface area contributed by atoms with E-state index >= 15 is 0 Å². The lowest BCUT2D eigenvalue weighted by Crippen LogP contribution is -2.05. The van der Waals surface area contributed by atoms with E-state index in [1.54, 1.807) is 6.08 Å². The number of carboxylic acid groups (broad SMARTS) is 1. The van der Waals surface area contributed by atoms with Gasteiger partial charge >= 0.3 is 5.97 Å². The fourth-order valence-corrected chi connectivity index (χ4v) is 1.61. The zero-order valence-corrected chi connectivity index (χ0v) is 13.2. The molecule has 0 saturated carbocycles. The van der Waals surface area contributed by atoms with Gasteiger partial charge in [0.05, 0.1) is 6.61 Å². The van der Waals surface area contributed by atoms with Gasteiger partial charge in [0.25, 0.3) is 0 Å². The Morgan fingerprint density at radius 3 is 2.39 bits per heavy atom. The highest BCUT2D eigenvalue weighted by Crippen LogP contribution is 2.10. The molecule has 0 spiro atoms. The Kier molecular flexibility index (Phi) is 9.71. The molecule has 4 nitrogen and oxygen atoms in total. The Balaban J connectivity index is 2.34. The Hall–Kier alpha value is -2.53. The van der Waals surface area contributed by atoms with Crippen LogP contribution in [0.15, 0.2) is 35.9 Å². The van der Waals surface area contributed by atoms with Crippen LogP contribution in [0.4, 0.5) is 0 Å². The lowest BCUT2D eigenvalue weighted by molar-refractivity contribution is -0.132. The quantitative estimate of drug-likeness (QED) is 0.455. The zero-order valence-electron chi connectivity index (χ0n) is 13.2. The van der Waals surface area contributed by atoms with Crippen molar-refractivity contribution in [2.24, 2.45) is 0 Å². The van der Waals surface area contributed by atoms with Gasteiger partial charge in [-0.05, 0) is 30.4 Å². The summed E-state index contributed by atoms with van der Waals surface area (Å²) < 4.78 is 10.3. The minimum absolute atomic E-state index is 0.224. The Morgan fingerprint density at radius 1 is 1.13 bits per heavy atom. The second kappa shape index (κ2) is 12.1. The van der Waals surface area contributed by atoms with Crippen molar-refractivity contribution >= 4 is 12.0 Å². The maximum absolute atomic E-state index is 11.2. The van der Waals surface area contributed by atoms with Crippen LogP contribution in [0, 0.1) is 23.7 Å². The third-order valence-electron chi connectivity index (χ3n) is 2.72. The van der Waals surface area contributed by atoms with Crippen molar-refractivity contribution in [3.05, 3.63) is 41.5 Å². The summed E-state index contributed by atoms with van der Waals surface area (Å²) in [6, 6.07) is 9.33. The second-order valence-corrected chi connectivity index (χ2v) is 4.43. The van der Waals surface area contributed by atoms with Crippen LogP contribution < -0.4 is 0 Å². The topological polar surface area (TPSA) is 55.8 Å². The summed E-state index contributed by atoms with van der Waals surface area (Å²) in [5.74, 6) is 9.85. The number of aliphatic carboxylic acids is 1. The standard InChI is InChI=1S/C19H20O4/c1-2-22-13-8-3-4-9-14-23-15-12-18(19(20)21)16-17-10-6-5-7-11-17/h5-7,10-11,16H,2,12-15H2,1H3,(H,20,21). The molecule has 1 aromatic carbocycles. The van der Waals surface area contributed by atoms with Gasteiger partial charge in [-0.2, -0.15) is 0 Å². The van der Waals surface area contributed by atoms with Gasteiger partial charge in [-0.1, -0.05) is 42.2 Å². The van der Waals surface area contributed by atoms with E-state index in [0.29, 0.717) is 31.8 Å². The van der Waals surface area contributed by atoms with E-state index in [1.807, 2.05) is 37.3 Å². The van der Waals surface area contributed by atoms with Crippen LogP contribution in [0.1, 0.15) is 18.9 Å². The first-order valence-electron chi connectivity index (χ1n) is 7.34. The molecule has 4 heteroatoms. The second-order valence-electron chi connectivity index (χ2n) is 4.43. The van der Waals surface area contributed by atoms with Crippen LogP contribution in [0.5, 0.6) is 0 Å². The van der Waals surface area contributed by atoms with E-state index < -0.39 is 5.97 Å². The van der Waals surface area contributed by atoms with Crippen molar-refractivity contribution in [2.75, 3.05) is 26.4 Å². The highest BCUT2D eigenvalue weighted by atomic mass is 16.5. The predicted octanol–water partition coefficient (Wildman–Crippen LogP) is 2.60. The van der Waals surface area contributed by atoms with E-state index in [2.05, 4.69) is 23.7 Å². The van der Waals surface area contributed by atoms with Gasteiger partial charge in [0, 0.05) is 18.6 Å². The lowest BCUT2D eigenvalue weighted by Gasteiger charge is -2.03. The third kappa shape index (κ3) is 9.16. The molecule has 0 saturated heterocycles. The molecule has 0 aromatic heterocycles. The zero-order chi connectivity index (χ0) is 16.8.